The first kappa shape index (κ1) is 15.8. The molecule has 1 aromatic rings. The Bertz CT molecular complexity index is 467. The first-order valence-electron chi connectivity index (χ1n) is 6.34. The van der Waals surface area contributed by atoms with Crippen molar-refractivity contribution >= 4 is 15.9 Å². The van der Waals surface area contributed by atoms with Gasteiger partial charge >= 0.3 is 0 Å². The summed E-state index contributed by atoms with van der Waals surface area (Å²) in [5.74, 6) is -3.93. The van der Waals surface area contributed by atoms with Gasteiger partial charge in [-0.1, -0.05) is 12.1 Å². The van der Waals surface area contributed by atoms with Gasteiger partial charge in [0.25, 0.3) is 5.92 Å². The molecule has 0 aliphatic carbocycles. The van der Waals surface area contributed by atoms with Gasteiger partial charge in [-0.3, -0.25) is 4.90 Å². The van der Waals surface area contributed by atoms with Crippen LogP contribution in [0.2, 0.25) is 0 Å². The van der Waals surface area contributed by atoms with E-state index in [4.69, 9.17) is 5.11 Å². The van der Waals surface area contributed by atoms with E-state index in [1.54, 1.807) is 4.90 Å². The van der Waals surface area contributed by atoms with Crippen molar-refractivity contribution in [3.8, 4) is 0 Å². The van der Waals surface area contributed by atoms with Gasteiger partial charge in [-0.05, 0) is 27.6 Å². The molecule has 0 radical (unpaired) electrons. The highest BCUT2D eigenvalue weighted by molar-refractivity contribution is 9.10. The SMILES string of the molecule is OCC(F)(F)[C@H](c1cccc(F)c1Br)N1CCNCC1. The average Bonchev–Trinajstić information content (AvgIpc) is 2.45. The van der Waals surface area contributed by atoms with E-state index in [-0.39, 0.29) is 10.0 Å². The molecule has 3 nitrogen and oxygen atoms in total. The van der Waals surface area contributed by atoms with Crippen molar-refractivity contribution in [2.75, 3.05) is 32.8 Å². The summed E-state index contributed by atoms with van der Waals surface area (Å²) in [5, 5.41) is 12.1. The Morgan fingerprint density at radius 3 is 2.60 bits per heavy atom. The van der Waals surface area contributed by atoms with Crippen LogP contribution in [0, 0.1) is 5.82 Å². The molecular weight excluding hydrogens is 337 g/mol. The summed E-state index contributed by atoms with van der Waals surface area (Å²) >= 11 is 3.04. The maximum Gasteiger partial charge on any atom is 0.289 e. The molecule has 0 spiro atoms. The smallest absolute Gasteiger partial charge is 0.289 e. The van der Waals surface area contributed by atoms with Crippen LogP contribution in [-0.4, -0.2) is 48.7 Å². The molecule has 0 saturated carbocycles. The zero-order valence-electron chi connectivity index (χ0n) is 10.8. The molecule has 0 bridgehead atoms. The fourth-order valence-electron chi connectivity index (χ4n) is 2.45. The third-order valence-electron chi connectivity index (χ3n) is 3.40. The molecule has 1 atom stereocenters. The minimum atomic E-state index is -3.34. The van der Waals surface area contributed by atoms with E-state index in [1.165, 1.54) is 18.2 Å². The van der Waals surface area contributed by atoms with E-state index in [1.807, 2.05) is 0 Å². The summed E-state index contributed by atoms with van der Waals surface area (Å²) < 4.78 is 41.9. The Kier molecular flexibility index (Phi) is 5.06. The molecule has 2 rings (SSSR count). The highest BCUT2D eigenvalue weighted by atomic mass is 79.9. The fraction of sp³-hybridized carbons (Fsp3) is 0.538. The van der Waals surface area contributed by atoms with Crippen LogP contribution in [0.3, 0.4) is 0 Å². The van der Waals surface area contributed by atoms with Gasteiger partial charge in [0.2, 0.25) is 0 Å². The number of piperazine rings is 1. The number of rotatable bonds is 4. The second kappa shape index (κ2) is 6.43. The van der Waals surface area contributed by atoms with Crippen molar-refractivity contribution < 1.29 is 18.3 Å². The Hall–Kier alpha value is -0.630. The number of aliphatic hydroxyl groups is 1. The summed E-state index contributed by atoms with van der Waals surface area (Å²) in [4.78, 5) is 1.58. The first-order chi connectivity index (χ1) is 9.47. The molecule has 1 aliphatic rings. The lowest BCUT2D eigenvalue weighted by molar-refractivity contribution is -0.118. The summed E-state index contributed by atoms with van der Waals surface area (Å²) in [7, 11) is 0. The number of nitrogens with one attached hydrogen (secondary N) is 1. The number of nitrogens with zero attached hydrogens (tertiary/aromatic N) is 1. The van der Waals surface area contributed by atoms with Gasteiger partial charge in [-0.15, -0.1) is 0 Å². The zero-order chi connectivity index (χ0) is 14.8. The van der Waals surface area contributed by atoms with Crippen LogP contribution in [0.4, 0.5) is 13.2 Å². The minimum absolute atomic E-state index is 0.0247. The fourth-order valence-corrected chi connectivity index (χ4v) is 2.93. The van der Waals surface area contributed by atoms with E-state index in [0.717, 1.165) is 0 Å². The maximum atomic E-state index is 14.1. The van der Waals surface area contributed by atoms with Gasteiger partial charge in [0, 0.05) is 26.2 Å². The van der Waals surface area contributed by atoms with Crippen LogP contribution in [0.15, 0.2) is 22.7 Å². The van der Waals surface area contributed by atoms with E-state index in [9.17, 15) is 13.2 Å². The molecule has 112 valence electrons. The summed E-state index contributed by atoms with van der Waals surface area (Å²) in [6, 6.07) is 2.72. The standard InChI is InChI=1S/C13H16BrF3N2O/c14-11-9(2-1-3-10(11)15)12(13(16,17)8-20)19-6-4-18-5-7-19/h1-3,12,18,20H,4-8H2/t12-/m0/s1. The molecule has 1 saturated heterocycles. The second-order valence-electron chi connectivity index (χ2n) is 4.75. The number of alkyl halides is 2. The number of halogens is 4. The normalized spacial score (nSPS) is 19.1. The van der Waals surface area contributed by atoms with Crippen LogP contribution in [0.1, 0.15) is 11.6 Å². The van der Waals surface area contributed by atoms with E-state index < -0.39 is 24.4 Å². The Morgan fingerprint density at radius 2 is 2.00 bits per heavy atom. The molecule has 1 aromatic carbocycles. The van der Waals surface area contributed by atoms with Gasteiger partial charge < -0.3 is 10.4 Å². The van der Waals surface area contributed by atoms with Crippen molar-refractivity contribution in [3.63, 3.8) is 0 Å². The van der Waals surface area contributed by atoms with Gasteiger partial charge in [0.05, 0.1) is 4.47 Å². The molecule has 0 aromatic heterocycles. The maximum absolute atomic E-state index is 14.1. The lowest BCUT2D eigenvalue weighted by Crippen LogP contribution is -2.51. The van der Waals surface area contributed by atoms with Crippen LogP contribution < -0.4 is 5.32 Å². The number of hydrogen-bond donors (Lipinski definition) is 2. The average molecular weight is 353 g/mol. The van der Waals surface area contributed by atoms with Crippen molar-refractivity contribution in [2.45, 2.75) is 12.0 Å². The van der Waals surface area contributed by atoms with Crippen LogP contribution in [0.5, 0.6) is 0 Å². The summed E-state index contributed by atoms with van der Waals surface area (Å²) in [6.07, 6.45) is 0. The van der Waals surface area contributed by atoms with Gasteiger partial charge in [-0.25, -0.2) is 13.2 Å². The predicted octanol–water partition coefficient (Wildman–Crippen LogP) is 2.16. The Morgan fingerprint density at radius 1 is 1.35 bits per heavy atom. The highest BCUT2D eigenvalue weighted by Crippen LogP contribution is 2.40. The molecule has 1 heterocycles. The molecule has 2 N–H and O–H groups in total. The van der Waals surface area contributed by atoms with Crippen LogP contribution in [0.25, 0.3) is 0 Å². The lowest BCUT2D eigenvalue weighted by Gasteiger charge is -2.39. The van der Waals surface area contributed by atoms with E-state index in [0.29, 0.717) is 26.2 Å². The lowest BCUT2D eigenvalue weighted by atomic mass is 9.98. The van der Waals surface area contributed by atoms with Gasteiger partial charge in [0.1, 0.15) is 18.5 Å². The van der Waals surface area contributed by atoms with Crippen LogP contribution in [-0.2, 0) is 0 Å². The second-order valence-corrected chi connectivity index (χ2v) is 5.54. The Balaban J connectivity index is 2.42. The molecule has 0 unspecified atom stereocenters. The van der Waals surface area contributed by atoms with Gasteiger partial charge in [-0.2, -0.15) is 0 Å². The highest BCUT2D eigenvalue weighted by Gasteiger charge is 2.45. The quantitative estimate of drug-likeness (QED) is 0.871. The van der Waals surface area contributed by atoms with Crippen molar-refractivity contribution in [3.05, 3.63) is 34.1 Å². The molecule has 1 aliphatic heterocycles. The van der Waals surface area contributed by atoms with Gasteiger partial charge in [0.15, 0.2) is 0 Å². The number of aliphatic hydroxyl groups excluding tert-OH is 1. The molecule has 20 heavy (non-hydrogen) atoms. The predicted molar refractivity (Wildman–Crippen MR) is 73.3 cm³/mol. The minimum Gasteiger partial charge on any atom is -0.390 e. The monoisotopic (exact) mass is 352 g/mol. The molecule has 0 amide bonds. The summed E-state index contributed by atoms with van der Waals surface area (Å²) in [5.41, 5.74) is 0.158. The zero-order valence-corrected chi connectivity index (χ0v) is 12.3. The van der Waals surface area contributed by atoms with E-state index in [2.05, 4.69) is 21.2 Å². The molecule has 7 heteroatoms. The van der Waals surface area contributed by atoms with Crippen LogP contribution >= 0.6 is 15.9 Å². The van der Waals surface area contributed by atoms with Crippen molar-refractivity contribution in [2.24, 2.45) is 0 Å². The van der Waals surface area contributed by atoms with Crippen molar-refractivity contribution in [1.82, 2.24) is 10.2 Å². The van der Waals surface area contributed by atoms with E-state index >= 15 is 0 Å². The molecular formula is C13H16BrF3N2O. The summed E-state index contributed by atoms with van der Waals surface area (Å²) in [6.45, 7) is 0.743. The number of benzene rings is 1. The third-order valence-corrected chi connectivity index (χ3v) is 4.24. The third kappa shape index (κ3) is 3.16. The largest absolute Gasteiger partial charge is 0.390 e. The number of hydrogen-bond acceptors (Lipinski definition) is 3. The molecule has 1 fully saturated rings. The van der Waals surface area contributed by atoms with Crippen molar-refractivity contribution in [1.29, 1.82) is 0 Å². The Labute approximate surface area is 123 Å². The topological polar surface area (TPSA) is 35.5 Å². The first-order valence-corrected chi connectivity index (χ1v) is 7.14.